The third-order valence-corrected chi connectivity index (χ3v) is 2.86. The Balaban J connectivity index is 2.46. The summed E-state index contributed by atoms with van der Waals surface area (Å²) < 4.78 is 0. The lowest BCUT2D eigenvalue weighted by molar-refractivity contribution is -0.122. The minimum Gasteiger partial charge on any atom is -0.298 e. The van der Waals surface area contributed by atoms with Crippen LogP contribution < -0.4 is 0 Å². The third-order valence-electron chi connectivity index (χ3n) is 2.86. The standard InChI is InChI=1S/C11H21NO/c1-3-7-11(10(2)13)12-8-5-4-6-9-12/h11H,3-9H2,1-2H3. The van der Waals surface area contributed by atoms with Crippen molar-refractivity contribution in [1.29, 1.82) is 0 Å². The number of nitrogens with zero attached hydrogens (tertiary/aromatic N) is 1. The van der Waals surface area contributed by atoms with Gasteiger partial charge in [0.05, 0.1) is 6.04 Å². The molecule has 2 nitrogen and oxygen atoms in total. The summed E-state index contributed by atoms with van der Waals surface area (Å²) in [4.78, 5) is 13.8. The molecule has 0 bridgehead atoms. The minimum atomic E-state index is 0.213. The molecule has 0 aromatic carbocycles. The molecular weight excluding hydrogens is 162 g/mol. The largest absolute Gasteiger partial charge is 0.298 e. The first-order chi connectivity index (χ1) is 6.25. The Labute approximate surface area is 81.3 Å². The molecule has 1 atom stereocenters. The quantitative estimate of drug-likeness (QED) is 0.666. The lowest BCUT2D eigenvalue weighted by Gasteiger charge is -2.32. The van der Waals surface area contributed by atoms with Gasteiger partial charge in [-0.15, -0.1) is 0 Å². The van der Waals surface area contributed by atoms with Gasteiger partial charge in [0.15, 0.2) is 0 Å². The van der Waals surface area contributed by atoms with E-state index in [1.54, 1.807) is 6.92 Å². The molecule has 0 N–H and O–H groups in total. The summed E-state index contributed by atoms with van der Waals surface area (Å²) >= 11 is 0. The normalized spacial score (nSPS) is 21.4. The highest BCUT2D eigenvalue weighted by atomic mass is 16.1. The van der Waals surface area contributed by atoms with Crippen molar-refractivity contribution in [2.24, 2.45) is 0 Å². The summed E-state index contributed by atoms with van der Waals surface area (Å²) in [5.41, 5.74) is 0. The van der Waals surface area contributed by atoms with Gasteiger partial charge in [0.25, 0.3) is 0 Å². The second-order valence-corrected chi connectivity index (χ2v) is 4.01. The average molecular weight is 183 g/mol. The first-order valence-corrected chi connectivity index (χ1v) is 5.50. The van der Waals surface area contributed by atoms with Gasteiger partial charge in [0, 0.05) is 0 Å². The minimum absolute atomic E-state index is 0.213. The number of carbonyl (C=O) groups is 1. The SMILES string of the molecule is CCCC(C(C)=O)N1CCCCC1. The predicted octanol–water partition coefficient (Wildman–Crippen LogP) is 2.23. The van der Waals surface area contributed by atoms with Crippen molar-refractivity contribution in [2.45, 2.75) is 52.0 Å². The molecule has 1 saturated heterocycles. The summed E-state index contributed by atoms with van der Waals surface area (Å²) in [5, 5.41) is 0. The van der Waals surface area contributed by atoms with Crippen LogP contribution in [0.25, 0.3) is 0 Å². The molecule has 1 rings (SSSR count). The van der Waals surface area contributed by atoms with Gasteiger partial charge in [-0.3, -0.25) is 9.69 Å². The van der Waals surface area contributed by atoms with Crippen molar-refractivity contribution >= 4 is 5.78 Å². The molecule has 0 spiro atoms. The zero-order chi connectivity index (χ0) is 9.68. The topological polar surface area (TPSA) is 20.3 Å². The van der Waals surface area contributed by atoms with Gasteiger partial charge in [-0.1, -0.05) is 19.8 Å². The number of hydrogen-bond donors (Lipinski definition) is 0. The van der Waals surface area contributed by atoms with Crippen LogP contribution in [-0.2, 0) is 4.79 Å². The van der Waals surface area contributed by atoms with Crippen LogP contribution in [0.5, 0.6) is 0 Å². The molecule has 0 aromatic rings. The van der Waals surface area contributed by atoms with E-state index in [0.29, 0.717) is 5.78 Å². The first-order valence-electron chi connectivity index (χ1n) is 5.50. The highest BCUT2D eigenvalue weighted by Gasteiger charge is 2.22. The Hall–Kier alpha value is -0.370. The van der Waals surface area contributed by atoms with Crippen LogP contribution in [0.3, 0.4) is 0 Å². The van der Waals surface area contributed by atoms with Crippen LogP contribution in [-0.4, -0.2) is 29.8 Å². The number of hydrogen-bond acceptors (Lipinski definition) is 2. The number of carbonyl (C=O) groups excluding carboxylic acids is 1. The van der Waals surface area contributed by atoms with Gasteiger partial charge >= 0.3 is 0 Å². The molecule has 1 aliphatic rings. The molecule has 0 amide bonds. The summed E-state index contributed by atoms with van der Waals surface area (Å²) in [6, 6.07) is 0.213. The van der Waals surface area contributed by atoms with E-state index in [1.165, 1.54) is 19.3 Å². The predicted molar refractivity (Wildman–Crippen MR) is 54.8 cm³/mol. The Morgan fingerprint density at radius 1 is 1.31 bits per heavy atom. The fourth-order valence-corrected chi connectivity index (χ4v) is 2.15. The molecule has 13 heavy (non-hydrogen) atoms. The second-order valence-electron chi connectivity index (χ2n) is 4.01. The van der Waals surface area contributed by atoms with E-state index in [9.17, 15) is 4.79 Å². The zero-order valence-electron chi connectivity index (χ0n) is 8.88. The van der Waals surface area contributed by atoms with Crippen LogP contribution in [0, 0.1) is 0 Å². The summed E-state index contributed by atoms with van der Waals surface area (Å²) in [7, 11) is 0. The van der Waals surface area contributed by atoms with Crippen LogP contribution in [0.4, 0.5) is 0 Å². The lowest BCUT2D eigenvalue weighted by Crippen LogP contribution is -2.43. The molecule has 1 unspecified atom stereocenters. The maximum atomic E-state index is 11.4. The maximum absolute atomic E-state index is 11.4. The summed E-state index contributed by atoms with van der Waals surface area (Å²) in [6.07, 6.45) is 6.03. The number of piperidine rings is 1. The Morgan fingerprint density at radius 3 is 2.38 bits per heavy atom. The number of Topliss-reactive ketones (excluding diaryl/α,β-unsaturated/α-hetero) is 1. The molecule has 0 radical (unpaired) electrons. The van der Waals surface area contributed by atoms with Gasteiger partial charge in [-0.25, -0.2) is 0 Å². The average Bonchev–Trinajstić information content (AvgIpc) is 2.15. The number of likely N-dealkylation sites (tertiary alicyclic amines) is 1. The zero-order valence-corrected chi connectivity index (χ0v) is 8.88. The summed E-state index contributed by atoms with van der Waals surface area (Å²) in [5.74, 6) is 0.351. The van der Waals surface area contributed by atoms with Gasteiger partial charge in [-0.05, 0) is 39.3 Å². The second kappa shape index (κ2) is 5.38. The van der Waals surface area contributed by atoms with Crippen molar-refractivity contribution < 1.29 is 4.79 Å². The first kappa shape index (κ1) is 10.7. The van der Waals surface area contributed by atoms with E-state index in [2.05, 4.69) is 11.8 Å². The molecule has 2 heteroatoms. The fourth-order valence-electron chi connectivity index (χ4n) is 2.15. The summed E-state index contributed by atoms with van der Waals surface area (Å²) in [6.45, 7) is 6.14. The van der Waals surface area contributed by atoms with E-state index >= 15 is 0 Å². The Kier molecular flexibility index (Phi) is 4.43. The van der Waals surface area contributed by atoms with Crippen molar-refractivity contribution in [1.82, 2.24) is 4.90 Å². The monoisotopic (exact) mass is 183 g/mol. The van der Waals surface area contributed by atoms with Crippen molar-refractivity contribution in [2.75, 3.05) is 13.1 Å². The maximum Gasteiger partial charge on any atom is 0.146 e. The van der Waals surface area contributed by atoms with E-state index in [4.69, 9.17) is 0 Å². The van der Waals surface area contributed by atoms with Crippen LogP contribution in [0.2, 0.25) is 0 Å². The third kappa shape index (κ3) is 3.11. The molecule has 1 heterocycles. The highest BCUT2D eigenvalue weighted by Crippen LogP contribution is 2.15. The van der Waals surface area contributed by atoms with E-state index in [0.717, 1.165) is 25.9 Å². The van der Waals surface area contributed by atoms with Crippen LogP contribution in [0.15, 0.2) is 0 Å². The molecule has 1 aliphatic heterocycles. The van der Waals surface area contributed by atoms with Crippen LogP contribution >= 0.6 is 0 Å². The van der Waals surface area contributed by atoms with E-state index in [-0.39, 0.29) is 6.04 Å². The van der Waals surface area contributed by atoms with Crippen molar-refractivity contribution in [3.05, 3.63) is 0 Å². The molecule has 0 saturated carbocycles. The molecule has 0 aliphatic carbocycles. The number of rotatable bonds is 4. The fraction of sp³-hybridized carbons (Fsp3) is 0.909. The van der Waals surface area contributed by atoms with E-state index in [1.807, 2.05) is 0 Å². The van der Waals surface area contributed by atoms with E-state index < -0.39 is 0 Å². The molecule has 76 valence electrons. The smallest absolute Gasteiger partial charge is 0.146 e. The molecule has 0 aromatic heterocycles. The van der Waals surface area contributed by atoms with Gasteiger partial charge in [0.1, 0.15) is 5.78 Å². The Bertz CT molecular complexity index is 161. The van der Waals surface area contributed by atoms with Crippen molar-refractivity contribution in [3.63, 3.8) is 0 Å². The van der Waals surface area contributed by atoms with Gasteiger partial charge in [-0.2, -0.15) is 0 Å². The molecular formula is C11H21NO. The molecule has 1 fully saturated rings. The highest BCUT2D eigenvalue weighted by molar-refractivity contribution is 5.81. The number of ketones is 1. The lowest BCUT2D eigenvalue weighted by atomic mass is 10.0. The van der Waals surface area contributed by atoms with Gasteiger partial charge < -0.3 is 0 Å². The van der Waals surface area contributed by atoms with Crippen molar-refractivity contribution in [3.8, 4) is 0 Å². The van der Waals surface area contributed by atoms with Crippen LogP contribution in [0.1, 0.15) is 46.0 Å². The Morgan fingerprint density at radius 2 is 1.92 bits per heavy atom. The van der Waals surface area contributed by atoms with Gasteiger partial charge in [0.2, 0.25) is 0 Å².